The fourth-order valence-electron chi connectivity index (χ4n) is 3.28. The number of nitrogens with one attached hydrogen (secondary N) is 1. The van der Waals surface area contributed by atoms with E-state index in [2.05, 4.69) is 35.6 Å². The van der Waals surface area contributed by atoms with Crippen LogP contribution >= 0.6 is 0 Å². The van der Waals surface area contributed by atoms with Crippen LogP contribution in [0.15, 0.2) is 52.9 Å². The predicted molar refractivity (Wildman–Crippen MR) is 114 cm³/mol. The van der Waals surface area contributed by atoms with E-state index in [1.807, 2.05) is 25.1 Å². The molecule has 0 spiro atoms. The Bertz CT molecular complexity index is 930. The molecule has 0 aliphatic carbocycles. The molecule has 5 heteroatoms. The van der Waals surface area contributed by atoms with Gasteiger partial charge in [-0.3, -0.25) is 4.79 Å². The zero-order valence-corrected chi connectivity index (χ0v) is 17.4. The normalized spacial score (nSPS) is 12.1. The highest BCUT2D eigenvalue weighted by Crippen LogP contribution is 2.25. The van der Waals surface area contributed by atoms with E-state index in [9.17, 15) is 4.79 Å². The van der Waals surface area contributed by atoms with Crippen LogP contribution in [-0.4, -0.2) is 26.2 Å². The molecule has 3 rings (SSSR count). The Morgan fingerprint density at radius 2 is 1.76 bits per heavy atom. The van der Waals surface area contributed by atoms with Gasteiger partial charge in [0.05, 0.1) is 12.6 Å². The summed E-state index contributed by atoms with van der Waals surface area (Å²) in [6.07, 6.45) is 2.77. The number of hydrogen-bond donors (Lipinski definition) is 1. The van der Waals surface area contributed by atoms with Gasteiger partial charge in [0, 0.05) is 32.4 Å². The Kier molecular flexibility index (Phi) is 7.30. The van der Waals surface area contributed by atoms with Crippen molar-refractivity contribution in [2.75, 3.05) is 20.3 Å². The molecule has 0 saturated carbocycles. The molecule has 0 saturated heterocycles. The number of carbonyl (C=O) groups excluding carboxylic acids is 1. The Hall–Kier alpha value is -2.79. The summed E-state index contributed by atoms with van der Waals surface area (Å²) >= 11 is 0. The van der Waals surface area contributed by atoms with Gasteiger partial charge in [-0.2, -0.15) is 0 Å². The van der Waals surface area contributed by atoms with Crippen molar-refractivity contribution in [3.63, 3.8) is 0 Å². The van der Waals surface area contributed by atoms with E-state index in [1.165, 1.54) is 18.1 Å². The van der Waals surface area contributed by atoms with Gasteiger partial charge in [-0.05, 0) is 55.2 Å². The van der Waals surface area contributed by atoms with Crippen molar-refractivity contribution in [1.82, 2.24) is 5.32 Å². The van der Waals surface area contributed by atoms with Crippen molar-refractivity contribution >= 4 is 16.9 Å². The van der Waals surface area contributed by atoms with Crippen LogP contribution in [0.25, 0.3) is 11.0 Å². The number of amides is 1. The fraction of sp³-hybridized carbons (Fsp3) is 0.375. The first-order valence-corrected chi connectivity index (χ1v) is 10.1. The van der Waals surface area contributed by atoms with Gasteiger partial charge < -0.3 is 19.2 Å². The number of rotatable bonds is 10. The van der Waals surface area contributed by atoms with Crippen molar-refractivity contribution in [2.24, 2.45) is 0 Å². The molecule has 2 aromatic carbocycles. The summed E-state index contributed by atoms with van der Waals surface area (Å²) in [7, 11) is 1.70. The molecule has 1 aromatic heterocycles. The summed E-state index contributed by atoms with van der Waals surface area (Å²) in [5, 5.41) is 3.91. The largest absolute Gasteiger partial charge is 0.494 e. The summed E-state index contributed by atoms with van der Waals surface area (Å²) in [5.41, 5.74) is 3.36. The van der Waals surface area contributed by atoms with E-state index < -0.39 is 0 Å². The number of hydrogen-bond acceptors (Lipinski definition) is 4. The minimum Gasteiger partial charge on any atom is -0.494 e. The monoisotopic (exact) mass is 395 g/mol. The van der Waals surface area contributed by atoms with Crippen LogP contribution < -0.4 is 10.1 Å². The lowest BCUT2D eigenvalue weighted by Gasteiger charge is -2.08. The molecule has 1 amide bonds. The highest BCUT2D eigenvalue weighted by atomic mass is 16.5. The SMILES string of the molecule is COCCCOc1ccc(CCc2ccc3cc(C(C)NC(C)=O)oc3c2)cc1. The van der Waals surface area contributed by atoms with E-state index in [1.54, 1.807) is 7.11 Å². The highest BCUT2D eigenvalue weighted by molar-refractivity contribution is 5.79. The molecule has 3 aromatic rings. The molecule has 5 nitrogen and oxygen atoms in total. The van der Waals surface area contributed by atoms with E-state index in [4.69, 9.17) is 13.9 Å². The lowest BCUT2D eigenvalue weighted by molar-refractivity contribution is -0.119. The van der Waals surface area contributed by atoms with Crippen LogP contribution in [0.4, 0.5) is 0 Å². The first-order chi connectivity index (χ1) is 14.0. The fourth-order valence-corrected chi connectivity index (χ4v) is 3.28. The molecule has 0 fully saturated rings. The minimum absolute atomic E-state index is 0.0648. The second-order valence-corrected chi connectivity index (χ2v) is 7.28. The van der Waals surface area contributed by atoms with Crippen LogP contribution in [0.3, 0.4) is 0 Å². The molecule has 29 heavy (non-hydrogen) atoms. The van der Waals surface area contributed by atoms with Crippen molar-refractivity contribution in [3.05, 3.63) is 65.4 Å². The maximum atomic E-state index is 11.3. The molecule has 1 atom stereocenters. The van der Waals surface area contributed by atoms with Gasteiger partial charge in [-0.1, -0.05) is 24.3 Å². The molecule has 0 aliphatic heterocycles. The van der Waals surface area contributed by atoms with E-state index in [0.29, 0.717) is 13.2 Å². The van der Waals surface area contributed by atoms with Crippen molar-refractivity contribution in [2.45, 2.75) is 39.2 Å². The van der Waals surface area contributed by atoms with Gasteiger partial charge in [0.1, 0.15) is 17.1 Å². The van der Waals surface area contributed by atoms with E-state index in [-0.39, 0.29) is 11.9 Å². The third kappa shape index (κ3) is 6.09. The average Bonchev–Trinajstić information content (AvgIpc) is 3.14. The van der Waals surface area contributed by atoms with Gasteiger partial charge in [0.15, 0.2) is 0 Å². The Morgan fingerprint density at radius 1 is 1.03 bits per heavy atom. The molecule has 1 unspecified atom stereocenters. The zero-order valence-electron chi connectivity index (χ0n) is 17.4. The van der Waals surface area contributed by atoms with Gasteiger partial charge in [0.25, 0.3) is 0 Å². The summed E-state index contributed by atoms with van der Waals surface area (Å²) in [6, 6.07) is 16.4. The first-order valence-electron chi connectivity index (χ1n) is 10.1. The second-order valence-electron chi connectivity index (χ2n) is 7.28. The Balaban J connectivity index is 1.56. The van der Waals surface area contributed by atoms with Crippen LogP contribution in [0.5, 0.6) is 5.75 Å². The highest BCUT2D eigenvalue weighted by Gasteiger charge is 2.12. The molecule has 0 aliphatic rings. The van der Waals surface area contributed by atoms with Gasteiger partial charge in [-0.25, -0.2) is 0 Å². The smallest absolute Gasteiger partial charge is 0.217 e. The number of furan rings is 1. The quantitative estimate of drug-likeness (QED) is 0.500. The minimum atomic E-state index is -0.140. The Morgan fingerprint density at radius 3 is 2.48 bits per heavy atom. The topological polar surface area (TPSA) is 60.7 Å². The van der Waals surface area contributed by atoms with Gasteiger partial charge in [-0.15, -0.1) is 0 Å². The number of benzene rings is 2. The van der Waals surface area contributed by atoms with Crippen LogP contribution in [0, 0.1) is 0 Å². The summed E-state index contributed by atoms with van der Waals surface area (Å²) < 4.78 is 16.7. The number of methoxy groups -OCH3 is 1. The zero-order chi connectivity index (χ0) is 20.6. The van der Waals surface area contributed by atoms with Crippen molar-refractivity contribution < 1.29 is 18.7 Å². The molecule has 1 N–H and O–H groups in total. The summed E-state index contributed by atoms with van der Waals surface area (Å²) in [5.74, 6) is 1.60. The van der Waals surface area contributed by atoms with Gasteiger partial charge in [0.2, 0.25) is 5.91 Å². The van der Waals surface area contributed by atoms with Crippen LogP contribution in [-0.2, 0) is 22.4 Å². The van der Waals surface area contributed by atoms with E-state index in [0.717, 1.165) is 41.7 Å². The number of aryl methyl sites for hydroxylation is 2. The first kappa shape index (κ1) is 20.9. The maximum Gasteiger partial charge on any atom is 0.217 e. The molecular formula is C24H29NO4. The number of ether oxygens (including phenoxy) is 2. The third-order valence-electron chi connectivity index (χ3n) is 4.84. The maximum absolute atomic E-state index is 11.3. The molecule has 0 bridgehead atoms. The van der Waals surface area contributed by atoms with Crippen LogP contribution in [0.1, 0.15) is 43.2 Å². The molecule has 154 valence electrons. The van der Waals surface area contributed by atoms with Gasteiger partial charge >= 0.3 is 0 Å². The van der Waals surface area contributed by atoms with Crippen LogP contribution in [0.2, 0.25) is 0 Å². The lowest BCUT2D eigenvalue weighted by atomic mass is 10.0. The van der Waals surface area contributed by atoms with Crippen molar-refractivity contribution in [1.29, 1.82) is 0 Å². The predicted octanol–water partition coefficient (Wildman–Crippen LogP) is 4.83. The standard InChI is InChI=1S/C24H29NO4/c1-17(25-18(2)26)23-16-21-10-7-20(15-24(21)29-23)6-5-19-8-11-22(12-9-19)28-14-4-13-27-3/h7-12,15-17H,4-6,13-14H2,1-3H3,(H,25,26). The summed E-state index contributed by atoms with van der Waals surface area (Å²) in [4.78, 5) is 11.3. The third-order valence-corrected chi connectivity index (χ3v) is 4.84. The second kappa shape index (κ2) is 10.1. The Labute approximate surface area is 172 Å². The molecular weight excluding hydrogens is 366 g/mol. The lowest BCUT2D eigenvalue weighted by Crippen LogP contribution is -2.23. The average molecular weight is 395 g/mol. The van der Waals surface area contributed by atoms with E-state index >= 15 is 0 Å². The van der Waals surface area contributed by atoms with Crippen molar-refractivity contribution in [3.8, 4) is 5.75 Å². The number of carbonyl (C=O) groups is 1. The number of fused-ring (bicyclic) bond motifs is 1. The summed E-state index contributed by atoms with van der Waals surface area (Å²) in [6.45, 7) is 4.81. The molecule has 0 radical (unpaired) electrons. The molecule has 1 heterocycles.